The Morgan fingerprint density at radius 3 is 1.08 bits per heavy atom. The number of aromatic nitrogens is 12. The van der Waals surface area contributed by atoms with Gasteiger partial charge in [0.05, 0.1) is 190 Å². The number of phenolic OH excluding ortho intramolecular Hbond substituents is 2. The second-order valence-corrected chi connectivity index (χ2v) is 35.2. The number of aryl methyl sites for hydroxylation is 1. The van der Waals surface area contributed by atoms with Crippen LogP contribution in [0.2, 0.25) is 10.0 Å². The van der Waals surface area contributed by atoms with Gasteiger partial charge in [0, 0.05) is 90.6 Å². The number of alkyl halides is 3. The normalized spacial score (nSPS) is 13.8. The molecule has 0 atom stereocenters. The standard InChI is InChI=1S/C28H25F4N7O2.C27H25ClFN7O2.C25H24FN7OS.C24H21ClFN7O2/c29-25-17-34-27(37-26(25)39-6-8-41-9-7-39)38-35-16-21-4-5-22(15-33-21)36-23-12-19(11-20(14-23)28(30,31)32)10-18-2-1-3-24(40)13-18;28-20-11-19(10-18-2-1-3-24(37)13-18)12-23(14-20)33-22-5-4-21(30-15-22)16-32-35-27-31-17-25(29)26(34-27)36-6-8-38-9-7-36;1-17-13-18(6-7-21(17)23-3-2-12-35-23)30-20-5-4-19(27-14-20)15-29-32-25-28-16-22(26)24(31-25)33-8-10-34-11-9-33;25-20-12-16(5-6-19(20)22-2-1-9-35-22)30-18-4-3-17(27-13-18)14-29-32-24-28-15-21(26)23(31-24)33-7-10-34-11-8-33/h1-5,11-17,36,40H,6-10H2,(H,34,37,38);1-5,11-17,33,37H,6-10H2,(H,31,34,35);2-7,12-16,30H,8-11H2,1H3,(H,28,31,32);1-6,9,12-15,30H,7-8,10-11H2,(H,28,31,32)/b35-16+;32-16+;29-15+;29-14+. The third kappa shape index (κ3) is 30.1. The summed E-state index contributed by atoms with van der Waals surface area (Å²) in [5.74, 6) is 0.552. The van der Waals surface area contributed by atoms with Crippen LogP contribution in [0.5, 0.6) is 11.5 Å². The van der Waals surface area contributed by atoms with Crippen molar-refractivity contribution in [2.45, 2.75) is 25.9 Å². The third-order valence-electron chi connectivity index (χ3n) is 22.6. The number of hydrazone groups is 4. The number of aromatic hydroxyl groups is 2. The Kier molecular flexibility index (Phi) is 35.2. The lowest BCUT2D eigenvalue weighted by Gasteiger charge is -2.27. The quantitative estimate of drug-likeness (QED) is 0.0114. The second-order valence-electron chi connectivity index (χ2n) is 33.4. The molecule has 149 heavy (non-hydrogen) atoms. The van der Waals surface area contributed by atoms with Crippen LogP contribution >= 0.6 is 34.5 Å². The van der Waals surface area contributed by atoms with Crippen LogP contribution in [-0.2, 0) is 38.0 Å². The highest BCUT2D eigenvalue weighted by Crippen LogP contribution is 2.38. The Hall–Kier alpha value is -17.0. The molecule has 14 heterocycles. The highest BCUT2D eigenvalue weighted by atomic mass is 35.5. The Morgan fingerprint density at radius 1 is 0.369 bits per heavy atom. The molecule has 0 radical (unpaired) electrons. The maximum atomic E-state index is 14.2. The molecule has 45 heteroatoms. The number of ether oxygens (including phenoxy) is 4. The van der Waals surface area contributed by atoms with Gasteiger partial charge in [-0.25, -0.2) is 59.2 Å². The molecule has 4 saturated heterocycles. The first-order valence-corrected chi connectivity index (χ1v) is 48.2. The smallest absolute Gasteiger partial charge is 0.416 e. The van der Waals surface area contributed by atoms with Gasteiger partial charge in [-0.15, -0.1) is 11.3 Å². The average molecular weight is 2090 g/mol. The van der Waals surface area contributed by atoms with E-state index in [2.05, 4.69) is 166 Å². The summed E-state index contributed by atoms with van der Waals surface area (Å²) >= 11 is 14.5. The minimum absolute atomic E-state index is 0.0423. The largest absolute Gasteiger partial charge is 0.508 e. The summed E-state index contributed by atoms with van der Waals surface area (Å²) in [7, 11) is 0. The van der Waals surface area contributed by atoms with Crippen LogP contribution in [-0.4, -0.2) is 200 Å². The minimum atomic E-state index is -4.53. The fourth-order valence-electron chi connectivity index (χ4n) is 15.5. The number of hydrogen-bond acceptors (Lipinski definition) is 36. The molecule has 4 fully saturated rings. The minimum Gasteiger partial charge on any atom is -0.508 e. The monoisotopic (exact) mass is 2080 g/mol. The van der Waals surface area contributed by atoms with Crippen LogP contribution in [0.1, 0.15) is 56.2 Å². The number of anilines is 16. The van der Waals surface area contributed by atoms with Crippen molar-refractivity contribution in [1.29, 1.82) is 0 Å². The highest BCUT2D eigenvalue weighted by molar-refractivity contribution is 7.13. The Morgan fingerprint density at radius 2 is 0.738 bits per heavy atom. The van der Waals surface area contributed by atoms with Gasteiger partial charge in [0.2, 0.25) is 23.8 Å². The van der Waals surface area contributed by atoms with E-state index >= 15 is 0 Å². The lowest BCUT2D eigenvalue weighted by Crippen LogP contribution is -2.37. The van der Waals surface area contributed by atoms with Crippen LogP contribution in [0.3, 0.4) is 0 Å². The molecule has 0 spiro atoms. The molecule has 16 aromatic rings. The van der Waals surface area contributed by atoms with Crippen molar-refractivity contribution in [2.24, 2.45) is 20.4 Å². The van der Waals surface area contributed by atoms with Crippen molar-refractivity contribution in [1.82, 2.24) is 59.8 Å². The number of pyridine rings is 4. The molecule has 0 unspecified atom stereocenters. The molecule has 20 rings (SSSR count). The second kappa shape index (κ2) is 50.7. The molecule has 0 aliphatic carbocycles. The van der Waals surface area contributed by atoms with Crippen LogP contribution in [0.25, 0.3) is 21.8 Å². The summed E-state index contributed by atoms with van der Waals surface area (Å²) in [6, 6.07) is 57.2. The van der Waals surface area contributed by atoms with E-state index in [0.717, 1.165) is 87.7 Å². The number of rotatable bonds is 30. The fourth-order valence-corrected chi connectivity index (χ4v) is 16.8. The summed E-state index contributed by atoms with van der Waals surface area (Å²) in [6.45, 7) is 10.7. The summed E-state index contributed by atoms with van der Waals surface area (Å²) in [5.41, 5.74) is 24.5. The van der Waals surface area contributed by atoms with Crippen molar-refractivity contribution in [2.75, 3.05) is 168 Å². The number of furan rings is 1. The molecule has 35 nitrogen and oxygen atoms in total. The molecule has 4 aliphatic heterocycles. The number of hydrogen-bond donors (Lipinski definition) is 10. The average Bonchev–Trinajstić information content (AvgIpc) is 1.65. The van der Waals surface area contributed by atoms with E-state index in [1.54, 1.807) is 102 Å². The van der Waals surface area contributed by atoms with Gasteiger partial charge in [-0.2, -0.15) is 53.5 Å². The molecule has 6 aromatic carbocycles. The number of phenols is 2. The molecule has 762 valence electrons. The fraction of sp³-hybridized carbons (Fsp3) is 0.192. The lowest BCUT2D eigenvalue weighted by molar-refractivity contribution is -0.137. The molecule has 10 N–H and O–H groups in total. The van der Waals surface area contributed by atoms with Gasteiger partial charge < -0.3 is 74.4 Å². The number of halogens is 9. The van der Waals surface area contributed by atoms with Gasteiger partial charge in [-0.1, -0.05) is 59.6 Å². The molecular weight excluding hydrogens is 1990 g/mol. The van der Waals surface area contributed by atoms with Crippen molar-refractivity contribution in [3.63, 3.8) is 0 Å². The number of benzene rings is 6. The van der Waals surface area contributed by atoms with Gasteiger partial charge in [0.1, 0.15) is 17.3 Å². The SMILES string of the molecule is Cc1cc(Nc2ccc(/C=N/Nc3ncc(F)c(N4CCOCC4)n3)nc2)ccc1-c1cccs1.Fc1cnc(N/N=C/c2ccc(Nc3ccc(-c4ccco4)c(Cl)c3)cn2)nc1N1CCOCC1.Oc1cccc(Cc2cc(Cl)cc(Nc3ccc(/C=N/Nc4ncc(F)c(N5CCOCC5)n4)nc3)c2)c1.Oc1cccc(Cc2cc(Nc3ccc(/C=N/Nc4ncc(F)c(N5CCOCC5)n4)nc3)cc(C(F)(F)F)c2)c1. The lowest BCUT2D eigenvalue weighted by atomic mass is 10.0. The molecule has 0 amide bonds. The maximum absolute atomic E-state index is 14.2. The van der Waals surface area contributed by atoms with Gasteiger partial charge in [-0.3, -0.25) is 19.9 Å². The van der Waals surface area contributed by atoms with Gasteiger partial charge in [0.25, 0.3) is 0 Å². The molecular formula is C104H95Cl2F7N28O7S. The Balaban J connectivity index is 0.000000136. The predicted octanol–water partition coefficient (Wildman–Crippen LogP) is 20.4. The number of nitrogens with one attached hydrogen (secondary N) is 8. The molecule has 10 aromatic heterocycles. The van der Waals surface area contributed by atoms with Crippen molar-refractivity contribution < 1.29 is 64.3 Å². The summed E-state index contributed by atoms with van der Waals surface area (Å²) in [6.07, 6.45) is 15.0. The molecule has 0 saturated carbocycles. The van der Waals surface area contributed by atoms with Crippen LogP contribution in [0, 0.1) is 30.2 Å². The van der Waals surface area contributed by atoms with Gasteiger partial charge >= 0.3 is 6.18 Å². The van der Waals surface area contributed by atoms with Crippen molar-refractivity contribution >= 4 is 152 Å². The molecule has 4 aliphatic rings. The van der Waals surface area contributed by atoms with Gasteiger partial charge in [-0.05, 0) is 216 Å². The summed E-state index contributed by atoms with van der Waals surface area (Å²) in [5, 5.41) is 52.0. The highest BCUT2D eigenvalue weighted by Gasteiger charge is 2.32. The van der Waals surface area contributed by atoms with E-state index in [9.17, 15) is 40.9 Å². The van der Waals surface area contributed by atoms with E-state index in [4.69, 9.17) is 46.6 Å². The molecule has 0 bridgehead atoms. The predicted molar refractivity (Wildman–Crippen MR) is 563 cm³/mol. The van der Waals surface area contributed by atoms with Crippen LogP contribution < -0.4 is 62.6 Å². The van der Waals surface area contributed by atoms with E-state index in [1.165, 1.54) is 53.0 Å². The van der Waals surface area contributed by atoms with Crippen LogP contribution in [0.15, 0.2) is 280 Å². The maximum Gasteiger partial charge on any atom is 0.416 e. The van der Waals surface area contributed by atoms with Crippen LogP contribution in [0.4, 0.5) is 123 Å². The van der Waals surface area contributed by atoms with Gasteiger partial charge in [0.15, 0.2) is 46.5 Å². The topological polar surface area (TPSA) is 404 Å². The zero-order valence-electron chi connectivity index (χ0n) is 79.5. The summed E-state index contributed by atoms with van der Waals surface area (Å²) < 4.78 is 124. The zero-order chi connectivity index (χ0) is 103. The summed E-state index contributed by atoms with van der Waals surface area (Å²) in [4.78, 5) is 58.6. The number of morpholine rings is 4. The number of thiophene rings is 1. The first kappa shape index (κ1) is 103. The van der Waals surface area contributed by atoms with E-state index in [-0.39, 0.29) is 70.7 Å². The zero-order valence-corrected chi connectivity index (χ0v) is 81.8. The Bertz CT molecular complexity index is 7090. The number of nitrogens with zero attached hydrogens (tertiary/aromatic N) is 20. The first-order chi connectivity index (χ1) is 72.5. The van der Waals surface area contributed by atoms with E-state index < -0.39 is 35.0 Å². The Labute approximate surface area is 863 Å². The van der Waals surface area contributed by atoms with Crippen molar-refractivity contribution in [3.05, 3.63) is 345 Å². The third-order valence-corrected chi connectivity index (χ3v) is 24.0. The van der Waals surface area contributed by atoms with Crippen molar-refractivity contribution in [3.8, 4) is 33.3 Å². The first-order valence-electron chi connectivity index (χ1n) is 46.6. The van der Waals surface area contributed by atoms with E-state index in [0.29, 0.717) is 167 Å². The van der Waals surface area contributed by atoms with E-state index in [1.807, 2.05) is 99.6 Å².